The Labute approximate surface area is 173 Å². The molecule has 2 aliphatic heterocycles. The third kappa shape index (κ3) is 3.46. The van der Waals surface area contributed by atoms with Crippen molar-refractivity contribution in [3.63, 3.8) is 0 Å². The summed E-state index contributed by atoms with van der Waals surface area (Å²) in [6.07, 6.45) is 0.402. The molecule has 1 atom stereocenters. The van der Waals surface area contributed by atoms with Crippen molar-refractivity contribution in [2.45, 2.75) is 24.2 Å². The summed E-state index contributed by atoms with van der Waals surface area (Å²) in [5, 5.41) is 14.7. The molecule has 2 aliphatic rings. The fourth-order valence-electron chi connectivity index (χ4n) is 3.71. The van der Waals surface area contributed by atoms with Crippen molar-refractivity contribution in [2.24, 2.45) is 5.73 Å². The van der Waals surface area contributed by atoms with Gasteiger partial charge in [-0.15, -0.1) is 0 Å². The zero-order valence-corrected chi connectivity index (χ0v) is 17.1. The summed E-state index contributed by atoms with van der Waals surface area (Å²) in [4.78, 5) is 25.3. The molecule has 1 aromatic carbocycles. The molecule has 2 aromatic rings. The van der Waals surface area contributed by atoms with Gasteiger partial charge < -0.3 is 15.7 Å². The lowest BCUT2D eigenvalue weighted by Crippen LogP contribution is -2.37. The van der Waals surface area contributed by atoms with Crippen LogP contribution in [0.15, 0.2) is 24.3 Å². The highest BCUT2D eigenvalue weighted by Gasteiger charge is 2.42. The van der Waals surface area contributed by atoms with E-state index in [0.29, 0.717) is 29.1 Å². The maximum absolute atomic E-state index is 12.1. The summed E-state index contributed by atoms with van der Waals surface area (Å²) < 4.78 is 25.7. The molecule has 1 fully saturated rings. The minimum absolute atomic E-state index is 0.0570. The Morgan fingerprint density at radius 2 is 2.13 bits per heavy atom. The smallest absolute Gasteiger partial charge is 0.269 e. The molecule has 1 saturated heterocycles. The van der Waals surface area contributed by atoms with Crippen molar-refractivity contribution >= 4 is 21.7 Å². The molecule has 2 amide bonds. The molecule has 0 saturated carbocycles. The number of aromatic nitrogens is 2. The lowest BCUT2D eigenvalue weighted by Gasteiger charge is -2.15. The van der Waals surface area contributed by atoms with Gasteiger partial charge in [0.25, 0.3) is 11.8 Å². The van der Waals surface area contributed by atoms with Crippen molar-refractivity contribution < 1.29 is 23.1 Å². The van der Waals surface area contributed by atoms with Gasteiger partial charge in [0.05, 0.1) is 22.9 Å². The summed E-state index contributed by atoms with van der Waals surface area (Å²) in [6.45, 7) is 0.424. The van der Waals surface area contributed by atoms with E-state index < -0.39 is 27.3 Å². The second kappa shape index (κ2) is 6.97. The van der Waals surface area contributed by atoms with E-state index in [1.807, 2.05) is 0 Å². The Morgan fingerprint density at radius 1 is 1.37 bits per heavy atom. The largest absolute Gasteiger partial charge is 0.369 e. The van der Waals surface area contributed by atoms with E-state index >= 15 is 0 Å². The van der Waals surface area contributed by atoms with Crippen LogP contribution in [0.1, 0.15) is 33.7 Å². The Kier molecular flexibility index (Phi) is 4.67. The molecule has 1 aromatic heterocycles. The number of primary amides is 1. The van der Waals surface area contributed by atoms with Crippen molar-refractivity contribution in [3.05, 3.63) is 46.8 Å². The topological polar surface area (TPSA) is 136 Å². The SMILES string of the molecule is CN1CC[C@@](O)(C#Cc2cccc(-n3nc(C(N)=O)c4c3CS(=O)(=O)CC4)c2)C1=O. The van der Waals surface area contributed by atoms with Crippen LogP contribution in [0.2, 0.25) is 0 Å². The molecule has 4 rings (SSSR count). The Balaban J connectivity index is 1.75. The number of nitrogens with two attached hydrogens (primary N) is 1. The van der Waals surface area contributed by atoms with E-state index in [9.17, 15) is 23.1 Å². The normalized spacial score (nSPS) is 22.3. The van der Waals surface area contributed by atoms with Gasteiger partial charge in [-0.05, 0) is 24.6 Å². The van der Waals surface area contributed by atoms with E-state index in [0.717, 1.165) is 0 Å². The summed E-state index contributed by atoms with van der Waals surface area (Å²) in [7, 11) is -1.70. The van der Waals surface area contributed by atoms with Gasteiger partial charge in [-0.25, -0.2) is 13.1 Å². The van der Waals surface area contributed by atoms with Crippen molar-refractivity contribution in [3.8, 4) is 17.5 Å². The van der Waals surface area contributed by atoms with Gasteiger partial charge in [-0.1, -0.05) is 17.9 Å². The quantitative estimate of drug-likeness (QED) is 0.613. The summed E-state index contributed by atoms with van der Waals surface area (Å²) in [5.41, 5.74) is 5.74. The molecule has 0 bridgehead atoms. The number of likely N-dealkylation sites (tertiary alicyclic amines) is 1. The van der Waals surface area contributed by atoms with Crippen LogP contribution >= 0.6 is 0 Å². The van der Waals surface area contributed by atoms with E-state index in [1.54, 1.807) is 31.3 Å². The molecular formula is C20H20N4O5S. The van der Waals surface area contributed by atoms with Crippen LogP contribution in [-0.4, -0.2) is 65.0 Å². The maximum atomic E-state index is 12.1. The van der Waals surface area contributed by atoms with Gasteiger partial charge in [0, 0.05) is 31.1 Å². The Hall–Kier alpha value is -3.16. The molecule has 0 unspecified atom stereocenters. The predicted octanol–water partition coefficient (Wildman–Crippen LogP) is -0.613. The fourth-order valence-corrected chi connectivity index (χ4v) is 5.08. The van der Waals surface area contributed by atoms with Crippen LogP contribution < -0.4 is 5.73 Å². The highest BCUT2D eigenvalue weighted by Crippen LogP contribution is 2.27. The van der Waals surface area contributed by atoms with E-state index in [1.165, 1.54) is 9.58 Å². The average molecular weight is 428 g/mol. The summed E-state index contributed by atoms with van der Waals surface area (Å²) in [6, 6.07) is 6.75. The third-order valence-electron chi connectivity index (χ3n) is 5.36. The molecule has 3 heterocycles. The van der Waals surface area contributed by atoms with Crippen molar-refractivity contribution in [1.29, 1.82) is 0 Å². The number of fused-ring (bicyclic) bond motifs is 1. The monoisotopic (exact) mass is 428 g/mol. The molecule has 0 aliphatic carbocycles. The molecule has 3 N–H and O–H groups in total. The fraction of sp³-hybridized carbons (Fsp3) is 0.350. The second-order valence-electron chi connectivity index (χ2n) is 7.53. The number of amides is 2. The molecule has 0 radical (unpaired) electrons. The number of sulfone groups is 1. The first kappa shape index (κ1) is 20.1. The predicted molar refractivity (Wildman–Crippen MR) is 107 cm³/mol. The number of hydrogen-bond acceptors (Lipinski definition) is 6. The number of likely N-dealkylation sites (N-methyl/N-ethyl adjacent to an activating group) is 1. The van der Waals surface area contributed by atoms with Crippen LogP contribution in [0.4, 0.5) is 0 Å². The van der Waals surface area contributed by atoms with E-state index in [4.69, 9.17) is 5.73 Å². The number of aliphatic hydroxyl groups is 1. The summed E-state index contributed by atoms with van der Waals surface area (Å²) in [5.74, 6) is 4.01. The first-order chi connectivity index (χ1) is 14.1. The lowest BCUT2D eigenvalue weighted by molar-refractivity contribution is -0.137. The van der Waals surface area contributed by atoms with Gasteiger partial charge >= 0.3 is 0 Å². The molecule has 30 heavy (non-hydrogen) atoms. The van der Waals surface area contributed by atoms with Crippen LogP contribution in [0, 0.1) is 11.8 Å². The molecule has 156 valence electrons. The number of benzene rings is 1. The molecule has 9 nitrogen and oxygen atoms in total. The van der Waals surface area contributed by atoms with Crippen LogP contribution in [0.5, 0.6) is 0 Å². The van der Waals surface area contributed by atoms with Crippen LogP contribution in [0.25, 0.3) is 5.69 Å². The first-order valence-electron chi connectivity index (χ1n) is 9.32. The van der Waals surface area contributed by atoms with Crippen molar-refractivity contribution in [2.75, 3.05) is 19.3 Å². The zero-order valence-electron chi connectivity index (χ0n) is 16.3. The maximum Gasteiger partial charge on any atom is 0.269 e. The highest BCUT2D eigenvalue weighted by atomic mass is 32.2. The first-order valence-corrected chi connectivity index (χ1v) is 11.1. The third-order valence-corrected chi connectivity index (χ3v) is 6.90. The second-order valence-corrected chi connectivity index (χ2v) is 9.71. The Morgan fingerprint density at radius 3 is 2.80 bits per heavy atom. The van der Waals surface area contributed by atoms with Crippen LogP contribution in [-0.2, 0) is 26.8 Å². The number of carbonyl (C=O) groups is 2. The minimum atomic E-state index is -3.31. The molecule has 0 spiro atoms. The van der Waals surface area contributed by atoms with Gasteiger partial charge in [0.1, 0.15) is 0 Å². The van der Waals surface area contributed by atoms with Gasteiger partial charge in [-0.3, -0.25) is 9.59 Å². The van der Waals surface area contributed by atoms with Crippen molar-refractivity contribution in [1.82, 2.24) is 14.7 Å². The van der Waals surface area contributed by atoms with Gasteiger partial charge in [0.2, 0.25) is 5.60 Å². The van der Waals surface area contributed by atoms with E-state index in [2.05, 4.69) is 16.9 Å². The van der Waals surface area contributed by atoms with E-state index in [-0.39, 0.29) is 30.0 Å². The average Bonchev–Trinajstić information content (AvgIpc) is 3.19. The minimum Gasteiger partial charge on any atom is -0.369 e. The molecular weight excluding hydrogens is 408 g/mol. The molecule has 10 heteroatoms. The number of rotatable bonds is 2. The highest BCUT2D eigenvalue weighted by molar-refractivity contribution is 7.90. The Bertz CT molecular complexity index is 1240. The number of carbonyl (C=O) groups excluding carboxylic acids is 2. The lowest BCUT2D eigenvalue weighted by atomic mass is 10.0. The summed E-state index contributed by atoms with van der Waals surface area (Å²) >= 11 is 0. The number of nitrogens with zero attached hydrogens (tertiary/aromatic N) is 3. The zero-order chi connectivity index (χ0) is 21.7. The standard InChI is InChI=1S/C20H20N4O5S/c1-23-9-8-20(27,19(23)26)7-5-13-3-2-4-14(11-13)24-16-12-30(28,29)10-6-15(16)17(22-24)18(21)25/h2-4,11,27H,6,8-10,12H2,1H3,(H2,21,25)/t20-/m0/s1. The van der Waals surface area contributed by atoms with Gasteiger partial charge in [0.15, 0.2) is 15.5 Å². The van der Waals surface area contributed by atoms with Crippen LogP contribution in [0.3, 0.4) is 0 Å². The number of hydrogen-bond donors (Lipinski definition) is 2. The van der Waals surface area contributed by atoms with Gasteiger partial charge in [-0.2, -0.15) is 5.10 Å².